The lowest BCUT2D eigenvalue weighted by molar-refractivity contribution is 0.231. The molecule has 2 aromatic carbocycles. The third-order valence-electron chi connectivity index (χ3n) is 4.43. The maximum atomic E-state index is 13.3. The summed E-state index contributed by atoms with van der Waals surface area (Å²) in [7, 11) is -3.83. The van der Waals surface area contributed by atoms with Crippen molar-refractivity contribution >= 4 is 9.84 Å². The van der Waals surface area contributed by atoms with E-state index in [1.54, 1.807) is 12.1 Å². The fraction of sp³-hybridized carbons (Fsp3) is 0.368. The van der Waals surface area contributed by atoms with Crippen LogP contribution in [0.4, 0.5) is 0 Å². The molecule has 130 valence electrons. The summed E-state index contributed by atoms with van der Waals surface area (Å²) >= 11 is 0. The Labute approximate surface area is 143 Å². The average Bonchev–Trinajstić information content (AvgIpc) is 2.57. The number of hydrogen-bond donors (Lipinski definition) is 2. The first-order valence-corrected chi connectivity index (χ1v) is 9.57. The van der Waals surface area contributed by atoms with Gasteiger partial charge in [-0.15, -0.1) is 0 Å². The molecule has 0 bridgehead atoms. The molecule has 1 atom stereocenters. The zero-order chi connectivity index (χ0) is 17.8. The van der Waals surface area contributed by atoms with E-state index in [4.69, 9.17) is 0 Å². The van der Waals surface area contributed by atoms with Gasteiger partial charge in [-0.05, 0) is 43.2 Å². The Bertz CT molecular complexity index is 764. The number of hydrogen-bond acceptors (Lipinski definition) is 4. The molecule has 2 rings (SSSR count). The Morgan fingerprint density at radius 3 is 2.08 bits per heavy atom. The molecular weight excluding hydrogens is 324 g/mol. The van der Waals surface area contributed by atoms with Crippen LogP contribution in [0.3, 0.4) is 0 Å². The normalized spacial score (nSPS) is 14.3. The molecule has 0 aliphatic heterocycles. The number of sulfone groups is 1. The van der Waals surface area contributed by atoms with E-state index >= 15 is 0 Å². The minimum Gasteiger partial charge on any atom is -0.508 e. The van der Waals surface area contributed by atoms with Gasteiger partial charge in [-0.25, -0.2) is 8.42 Å². The van der Waals surface area contributed by atoms with Crippen LogP contribution in [0, 0.1) is 6.92 Å². The van der Waals surface area contributed by atoms with Crippen molar-refractivity contribution in [1.82, 2.24) is 0 Å². The minimum absolute atomic E-state index is 0.00689. The third-order valence-corrected chi connectivity index (χ3v) is 6.92. The van der Waals surface area contributed by atoms with Gasteiger partial charge in [0.05, 0.1) is 11.5 Å². The van der Waals surface area contributed by atoms with Gasteiger partial charge in [0, 0.05) is 0 Å². The predicted octanol–water partition coefficient (Wildman–Crippen LogP) is 3.55. The molecule has 24 heavy (non-hydrogen) atoms. The monoisotopic (exact) mass is 348 g/mol. The molecule has 0 heterocycles. The summed E-state index contributed by atoms with van der Waals surface area (Å²) in [6.07, 6.45) is 1.86. The lowest BCUT2D eigenvalue weighted by Gasteiger charge is -2.32. The molecule has 5 heteroatoms. The lowest BCUT2D eigenvalue weighted by Crippen LogP contribution is -2.39. The Hall–Kier alpha value is -1.85. The van der Waals surface area contributed by atoms with E-state index in [0.29, 0.717) is 18.4 Å². The molecule has 0 saturated carbocycles. The summed E-state index contributed by atoms with van der Waals surface area (Å²) in [4.78, 5) is 0.103. The molecule has 1 unspecified atom stereocenters. The van der Waals surface area contributed by atoms with Gasteiger partial charge in [0.1, 0.15) is 10.5 Å². The van der Waals surface area contributed by atoms with Crippen molar-refractivity contribution in [2.75, 3.05) is 6.61 Å². The zero-order valence-electron chi connectivity index (χ0n) is 14.1. The Morgan fingerprint density at radius 1 is 1.00 bits per heavy atom. The smallest absolute Gasteiger partial charge is 0.190 e. The highest BCUT2D eigenvalue weighted by molar-refractivity contribution is 7.92. The molecule has 2 aromatic rings. The van der Waals surface area contributed by atoms with Gasteiger partial charge < -0.3 is 10.2 Å². The maximum Gasteiger partial charge on any atom is 0.190 e. The highest BCUT2D eigenvalue weighted by atomic mass is 32.2. The standard InChI is InChI=1S/C19H24O4S/c1-3-4-13-19(14-20,16-7-5-15(2)6-8-16)24(22,23)18-11-9-17(21)10-12-18/h5-12,20-21H,3-4,13-14H2,1-2H3. The quantitative estimate of drug-likeness (QED) is 0.802. The van der Waals surface area contributed by atoms with Crippen molar-refractivity contribution in [2.24, 2.45) is 0 Å². The van der Waals surface area contributed by atoms with Crippen LogP contribution in [-0.2, 0) is 14.6 Å². The Kier molecular flexibility index (Phi) is 5.67. The average molecular weight is 348 g/mol. The van der Waals surface area contributed by atoms with Gasteiger partial charge in [-0.2, -0.15) is 0 Å². The Morgan fingerprint density at radius 2 is 1.58 bits per heavy atom. The van der Waals surface area contributed by atoms with Crippen LogP contribution in [0.15, 0.2) is 53.4 Å². The highest BCUT2D eigenvalue weighted by Crippen LogP contribution is 2.40. The molecule has 2 N–H and O–H groups in total. The molecular formula is C19H24O4S. The molecule has 4 nitrogen and oxygen atoms in total. The number of rotatable bonds is 7. The van der Waals surface area contributed by atoms with Gasteiger partial charge in [0.2, 0.25) is 0 Å². The van der Waals surface area contributed by atoms with Crippen molar-refractivity contribution in [2.45, 2.75) is 42.8 Å². The van der Waals surface area contributed by atoms with Crippen LogP contribution in [0.25, 0.3) is 0 Å². The fourth-order valence-electron chi connectivity index (χ4n) is 2.86. The van der Waals surface area contributed by atoms with E-state index in [0.717, 1.165) is 12.0 Å². The molecule has 0 spiro atoms. The molecule has 0 radical (unpaired) electrons. The zero-order valence-corrected chi connectivity index (χ0v) is 14.9. The van der Waals surface area contributed by atoms with Gasteiger partial charge >= 0.3 is 0 Å². The second-order valence-electron chi connectivity index (χ2n) is 6.12. The van der Waals surface area contributed by atoms with Gasteiger partial charge in [-0.1, -0.05) is 49.6 Å². The van der Waals surface area contributed by atoms with E-state index in [1.165, 1.54) is 24.3 Å². The summed E-state index contributed by atoms with van der Waals surface area (Å²) in [5.74, 6) is 0.00689. The van der Waals surface area contributed by atoms with Crippen LogP contribution < -0.4 is 0 Å². The fourth-order valence-corrected chi connectivity index (χ4v) is 4.83. The van der Waals surface area contributed by atoms with E-state index in [1.807, 2.05) is 26.0 Å². The number of aromatic hydroxyl groups is 1. The summed E-state index contributed by atoms with van der Waals surface area (Å²) in [5, 5.41) is 19.6. The number of benzene rings is 2. The van der Waals surface area contributed by atoms with Crippen LogP contribution in [-0.4, -0.2) is 25.2 Å². The first-order chi connectivity index (χ1) is 11.4. The molecule has 0 aliphatic carbocycles. The van der Waals surface area contributed by atoms with Crippen LogP contribution in [0.5, 0.6) is 5.75 Å². The predicted molar refractivity (Wildman–Crippen MR) is 94.8 cm³/mol. The van der Waals surface area contributed by atoms with E-state index in [-0.39, 0.29) is 10.6 Å². The van der Waals surface area contributed by atoms with Crippen molar-refractivity contribution in [1.29, 1.82) is 0 Å². The number of phenolic OH excluding ortho intramolecular Hbond substituents is 1. The number of phenols is 1. The molecule has 0 amide bonds. The van der Waals surface area contributed by atoms with Gasteiger partial charge in [-0.3, -0.25) is 0 Å². The first-order valence-electron chi connectivity index (χ1n) is 8.09. The van der Waals surface area contributed by atoms with Crippen LogP contribution in [0.1, 0.15) is 37.3 Å². The van der Waals surface area contributed by atoms with E-state index < -0.39 is 21.2 Å². The van der Waals surface area contributed by atoms with Crippen LogP contribution in [0.2, 0.25) is 0 Å². The number of unbranched alkanes of at least 4 members (excludes halogenated alkanes) is 1. The Balaban J connectivity index is 2.63. The third kappa shape index (κ3) is 3.32. The highest BCUT2D eigenvalue weighted by Gasteiger charge is 2.45. The molecule has 0 aliphatic rings. The van der Waals surface area contributed by atoms with Crippen molar-refractivity contribution in [3.05, 3.63) is 59.7 Å². The molecule has 0 fully saturated rings. The van der Waals surface area contributed by atoms with Gasteiger partial charge in [0.25, 0.3) is 0 Å². The number of aryl methyl sites for hydroxylation is 1. The SMILES string of the molecule is CCCCC(CO)(c1ccc(C)cc1)S(=O)(=O)c1ccc(O)cc1. The number of aliphatic hydroxyl groups is 1. The van der Waals surface area contributed by atoms with Crippen LogP contribution >= 0.6 is 0 Å². The van der Waals surface area contributed by atoms with E-state index in [2.05, 4.69) is 0 Å². The summed E-state index contributed by atoms with van der Waals surface area (Å²) in [6, 6.07) is 12.7. The summed E-state index contributed by atoms with van der Waals surface area (Å²) < 4.78 is 25.3. The lowest BCUT2D eigenvalue weighted by atomic mass is 9.92. The maximum absolute atomic E-state index is 13.3. The summed E-state index contributed by atoms with van der Waals surface area (Å²) in [6.45, 7) is 3.44. The largest absolute Gasteiger partial charge is 0.508 e. The summed E-state index contributed by atoms with van der Waals surface area (Å²) in [5.41, 5.74) is 1.63. The van der Waals surface area contributed by atoms with Crippen molar-refractivity contribution in [3.63, 3.8) is 0 Å². The number of aliphatic hydroxyl groups excluding tert-OH is 1. The second kappa shape index (κ2) is 7.36. The van der Waals surface area contributed by atoms with E-state index in [9.17, 15) is 18.6 Å². The molecule has 0 saturated heterocycles. The molecule has 0 aromatic heterocycles. The minimum atomic E-state index is -3.83. The topological polar surface area (TPSA) is 74.6 Å². The van der Waals surface area contributed by atoms with Gasteiger partial charge in [0.15, 0.2) is 9.84 Å². The van der Waals surface area contributed by atoms with Crippen molar-refractivity contribution in [3.8, 4) is 5.75 Å². The first kappa shape index (κ1) is 18.5. The second-order valence-corrected chi connectivity index (χ2v) is 8.38. The van der Waals surface area contributed by atoms with Crippen molar-refractivity contribution < 1.29 is 18.6 Å².